The second kappa shape index (κ2) is 5.57. The molecular weight excluding hydrogens is 238 g/mol. The highest BCUT2D eigenvalue weighted by molar-refractivity contribution is 7.11. The Balaban J connectivity index is 1.89. The molecule has 1 amide bonds. The van der Waals surface area contributed by atoms with Crippen LogP contribution in [-0.4, -0.2) is 36.7 Å². The number of nitrogens with zero attached hydrogens (tertiary/aromatic N) is 1. The van der Waals surface area contributed by atoms with Crippen molar-refractivity contribution in [2.75, 3.05) is 19.7 Å². The lowest BCUT2D eigenvalue weighted by Crippen LogP contribution is -2.48. The highest BCUT2D eigenvalue weighted by Crippen LogP contribution is 2.19. The van der Waals surface area contributed by atoms with Gasteiger partial charge in [-0.1, -0.05) is 0 Å². The predicted octanol–water partition coefficient (Wildman–Crippen LogP) is 0.617. The van der Waals surface area contributed by atoms with E-state index in [0.717, 1.165) is 16.4 Å². The van der Waals surface area contributed by atoms with E-state index in [1.807, 2.05) is 20.0 Å². The molecule has 0 aliphatic carbocycles. The summed E-state index contributed by atoms with van der Waals surface area (Å²) in [5.74, 6) is -0.0717. The summed E-state index contributed by atoms with van der Waals surface area (Å²) in [5, 5.41) is 6.99. The molecule has 1 aliphatic heterocycles. The van der Waals surface area contributed by atoms with Gasteiger partial charge in [0.05, 0.1) is 12.6 Å². The Kier molecular flexibility index (Phi) is 4.09. The first kappa shape index (κ1) is 12.5. The summed E-state index contributed by atoms with van der Waals surface area (Å²) >= 11 is 1.60. The van der Waals surface area contributed by atoms with Gasteiger partial charge in [0, 0.05) is 24.2 Å². The van der Waals surface area contributed by atoms with E-state index in [2.05, 4.69) is 15.6 Å². The molecule has 0 radical (unpaired) electrons. The molecule has 0 bridgehead atoms. The number of nitrogens with one attached hydrogen (secondary N) is 2. The molecule has 2 heterocycles. The van der Waals surface area contributed by atoms with Crippen molar-refractivity contribution in [3.63, 3.8) is 0 Å². The van der Waals surface area contributed by atoms with E-state index in [9.17, 15) is 4.79 Å². The molecular formula is C11H17N3O2S. The van der Waals surface area contributed by atoms with Crippen molar-refractivity contribution in [2.45, 2.75) is 26.0 Å². The van der Waals surface area contributed by atoms with E-state index in [-0.39, 0.29) is 18.1 Å². The van der Waals surface area contributed by atoms with Gasteiger partial charge < -0.3 is 15.4 Å². The molecule has 5 nitrogen and oxygen atoms in total. The van der Waals surface area contributed by atoms with Gasteiger partial charge in [0.25, 0.3) is 5.91 Å². The van der Waals surface area contributed by atoms with Gasteiger partial charge in [0.2, 0.25) is 0 Å². The number of morpholine rings is 1. The number of hydrogen-bond acceptors (Lipinski definition) is 5. The number of aromatic nitrogens is 1. The van der Waals surface area contributed by atoms with Gasteiger partial charge in [-0.15, -0.1) is 11.3 Å². The smallest absolute Gasteiger partial charge is 0.251 e. The SMILES string of the molecule is Cc1cnc(C(C)NC(=O)C2CNCCO2)s1. The van der Waals surface area contributed by atoms with Crippen molar-refractivity contribution in [1.82, 2.24) is 15.6 Å². The third-order valence-electron chi connectivity index (χ3n) is 2.59. The van der Waals surface area contributed by atoms with E-state index in [4.69, 9.17) is 4.74 Å². The maximum absolute atomic E-state index is 11.9. The number of aryl methyl sites for hydroxylation is 1. The first-order valence-electron chi connectivity index (χ1n) is 5.72. The van der Waals surface area contributed by atoms with Gasteiger partial charge in [-0.05, 0) is 13.8 Å². The van der Waals surface area contributed by atoms with Crippen LogP contribution in [0.2, 0.25) is 0 Å². The van der Waals surface area contributed by atoms with E-state index in [1.54, 1.807) is 11.3 Å². The monoisotopic (exact) mass is 255 g/mol. The van der Waals surface area contributed by atoms with E-state index in [1.165, 1.54) is 0 Å². The highest BCUT2D eigenvalue weighted by Gasteiger charge is 2.23. The Bertz CT molecular complexity index is 388. The lowest BCUT2D eigenvalue weighted by atomic mass is 10.2. The Morgan fingerprint density at radius 1 is 1.76 bits per heavy atom. The van der Waals surface area contributed by atoms with Crippen molar-refractivity contribution in [2.24, 2.45) is 0 Å². The third kappa shape index (κ3) is 3.24. The fourth-order valence-corrected chi connectivity index (χ4v) is 2.45. The molecule has 1 saturated heterocycles. The fourth-order valence-electron chi connectivity index (χ4n) is 1.67. The molecule has 17 heavy (non-hydrogen) atoms. The van der Waals surface area contributed by atoms with E-state index in [0.29, 0.717) is 13.2 Å². The zero-order valence-electron chi connectivity index (χ0n) is 10.0. The van der Waals surface area contributed by atoms with Crippen LogP contribution >= 0.6 is 11.3 Å². The highest BCUT2D eigenvalue weighted by atomic mass is 32.1. The Hall–Kier alpha value is -0.980. The summed E-state index contributed by atoms with van der Waals surface area (Å²) in [6, 6.07) is -0.0632. The minimum absolute atomic E-state index is 0.0632. The number of thiazole rings is 1. The second-order valence-corrected chi connectivity index (χ2v) is 5.37. The van der Waals surface area contributed by atoms with E-state index >= 15 is 0 Å². The minimum Gasteiger partial charge on any atom is -0.366 e. The average molecular weight is 255 g/mol. The average Bonchev–Trinajstić information content (AvgIpc) is 2.77. The van der Waals surface area contributed by atoms with Crippen molar-refractivity contribution in [3.8, 4) is 0 Å². The zero-order valence-corrected chi connectivity index (χ0v) is 10.8. The molecule has 2 atom stereocenters. The molecule has 94 valence electrons. The predicted molar refractivity (Wildman–Crippen MR) is 66.0 cm³/mol. The molecule has 0 saturated carbocycles. The van der Waals surface area contributed by atoms with Gasteiger partial charge in [0.15, 0.2) is 0 Å². The van der Waals surface area contributed by atoms with E-state index < -0.39 is 0 Å². The number of amides is 1. The lowest BCUT2D eigenvalue weighted by Gasteiger charge is -2.24. The van der Waals surface area contributed by atoms with Crippen LogP contribution in [-0.2, 0) is 9.53 Å². The standard InChI is InChI=1S/C11H17N3O2S/c1-7-5-13-11(17-7)8(2)14-10(15)9-6-12-3-4-16-9/h5,8-9,12H,3-4,6H2,1-2H3,(H,14,15). The van der Waals surface area contributed by atoms with Crippen LogP contribution < -0.4 is 10.6 Å². The summed E-state index contributed by atoms with van der Waals surface area (Å²) in [6.45, 7) is 5.92. The molecule has 1 aromatic rings. The minimum atomic E-state index is -0.382. The molecule has 2 N–H and O–H groups in total. The van der Waals surface area contributed by atoms with Crippen LogP contribution in [0.1, 0.15) is 22.9 Å². The summed E-state index contributed by atoms with van der Waals surface area (Å²) in [5.41, 5.74) is 0. The van der Waals surface area contributed by atoms with Crippen LogP contribution in [0.4, 0.5) is 0 Å². The molecule has 1 aliphatic rings. The summed E-state index contributed by atoms with van der Waals surface area (Å²) < 4.78 is 5.39. The quantitative estimate of drug-likeness (QED) is 0.831. The van der Waals surface area contributed by atoms with Crippen LogP contribution in [0.25, 0.3) is 0 Å². The summed E-state index contributed by atoms with van der Waals surface area (Å²) in [4.78, 5) is 17.3. The summed E-state index contributed by atoms with van der Waals surface area (Å²) in [6.07, 6.45) is 1.44. The van der Waals surface area contributed by atoms with Gasteiger partial charge in [0.1, 0.15) is 11.1 Å². The van der Waals surface area contributed by atoms with Crippen LogP contribution in [0.15, 0.2) is 6.20 Å². The van der Waals surface area contributed by atoms with Crippen LogP contribution in [0, 0.1) is 6.92 Å². The topological polar surface area (TPSA) is 63.2 Å². The normalized spacial score (nSPS) is 22.1. The third-order valence-corrected chi connectivity index (χ3v) is 3.68. The molecule has 0 aromatic carbocycles. The Labute approximate surface area is 105 Å². The van der Waals surface area contributed by atoms with Gasteiger partial charge in [-0.2, -0.15) is 0 Å². The molecule has 6 heteroatoms. The van der Waals surface area contributed by atoms with Gasteiger partial charge in [-0.3, -0.25) is 4.79 Å². The number of ether oxygens (including phenoxy) is 1. The molecule has 2 rings (SSSR count). The number of rotatable bonds is 3. The van der Waals surface area contributed by atoms with Crippen molar-refractivity contribution < 1.29 is 9.53 Å². The molecule has 0 spiro atoms. The first-order valence-corrected chi connectivity index (χ1v) is 6.53. The Morgan fingerprint density at radius 2 is 2.59 bits per heavy atom. The maximum atomic E-state index is 11.9. The maximum Gasteiger partial charge on any atom is 0.251 e. The second-order valence-electron chi connectivity index (χ2n) is 4.10. The number of hydrogen-bond donors (Lipinski definition) is 2. The van der Waals surface area contributed by atoms with Crippen LogP contribution in [0.5, 0.6) is 0 Å². The molecule has 1 fully saturated rings. The van der Waals surface area contributed by atoms with Crippen molar-refractivity contribution >= 4 is 17.2 Å². The lowest BCUT2D eigenvalue weighted by molar-refractivity contribution is -0.134. The largest absolute Gasteiger partial charge is 0.366 e. The molecule has 2 unspecified atom stereocenters. The zero-order chi connectivity index (χ0) is 12.3. The van der Waals surface area contributed by atoms with Crippen LogP contribution in [0.3, 0.4) is 0 Å². The number of carbonyl (C=O) groups excluding carboxylic acids is 1. The van der Waals surface area contributed by atoms with Crippen molar-refractivity contribution in [3.05, 3.63) is 16.1 Å². The first-order chi connectivity index (χ1) is 8.16. The summed E-state index contributed by atoms with van der Waals surface area (Å²) in [7, 11) is 0. The van der Waals surface area contributed by atoms with Gasteiger partial charge in [-0.25, -0.2) is 4.98 Å². The number of carbonyl (C=O) groups is 1. The van der Waals surface area contributed by atoms with Crippen molar-refractivity contribution in [1.29, 1.82) is 0 Å². The van der Waals surface area contributed by atoms with Gasteiger partial charge >= 0.3 is 0 Å². The fraction of sp³-hybridized carbons (Fsp3) is 0.636. The molecule has 1 aromatic heterocycles. The Morgan fingerprint density at radius 3 is 3.18 bits per heavy atom.